The van der Waals surface area contributed by atoms with Gasteiger partial charge < -0.3 is 9.47 Å². The first-order valence-electron chi connectivity index (χ1n) is 6.74. The van der Waals surface area contributed by atoms with Crippen LogP contribution < -0.4 is 4.74 Å². The van der Waals surface area contributed by atoms with E-state index in [1.54, 1.807) is 7.11 Å². The van der Waals surface area contributed by atoms with Crippen molar-refractivity contribution in [3.8, 4) is 5.75 Å². The molecule has 0 heterocycles. The Morgan fingerprint density at radius 1 is 1.42 bits per heavy atom. The molecule has 19 heavy (non-hydrogen) atoms. The highest BCUT2D eigenvalue weighted by atomic mass is 16.5. The highest BCUT2D eigenvalue weighted by Crippen LogP contribution is 2.30. The molecule has 2 rings (SSSR count). The van der Waals surface area contributed by atoms with Crippen molar-refractivity contribution in [2.45, 2.75) is 26.2 Å². The van der Waals surface area contributed by atoms with Crippen molar-refractivity contribution >= 4 is 5.97 Å². The van der Waals surface area contributed by atoms with E-state index in [2.05, 4.69) is 6.07 Å². The molecule has 1 aromatic carbocycles. The summed E-state index contributed by atoms with van der Waals surface area (Å²) in [6, 6.07) is 8.02. The molecule has 0 saturated heterocycles. The Bertz CT molecular complexity index is 477. The Morgan fingerprint density at radius 3 is 3.00 bits per heavy atom. The second-order valence-corrected chi connectivity index (χ2v) is 4.71. The molecule has 0 N–H and O–H groups in total. The fraction of sp³-hybridized carbons (Fsp3) is 0.438. The predicted octanol–water partition coefficient (Wildman–Crippen LogP) is 3.14. The van der Waals surface area contributed by atoms with Crippen LogP contribution in [0.2, 0.25) is 0 Å². The van der Waals surface area contributed by atoms with Gasteiger partial charge >= 0.3 is 5.97 Å². The summed E-state index contributed by atoms with van der Waals surface area (Å²) in [5.41, 5.74) is 2.03. The van der Waals surface area contributed by atoms with Gasteiger partial charge in [0.15, 0.2) is 0 Å². The van der Waals surface area contributed by atoms with Crippen molar-refractivity contribution in [2.24, 2.45) is 5.92 Å². The number of ether oxygens (including phenoxy) is 2. The predicted molar refractivity (Wildman–Crippen MR) is 74.1 cm³/mol. The third-order valence-corrected chi connectivity index (χ3v) is 3.45. The molecule has 1 aliphatic carbocycles. The maximum Gasteiger partial charge on any atom is 0.333 e. The Labute approximate surface area is 114 Å². The average Bonchev–Trinajstić information content (AvgIpc) is 2.87. The Kier molecular flexibility index (Phi) is 4.61. The number of esters is 1. The first-order chi connectivity index (χ1) is 9.24. The van der Waals surface area contributed by atoms with Gasteiger partial charge in [-0.1, -0.05) is 18.2 Å². The molecule has 3 nitrogen and oxygen atoms in total. The minimum atomic E-state index is -0.159. The first-order valence-corrected chi connectivity index (χ1v) is 6.74. The van der Waals surface area contributed by atoms with E-state index in [9.17, 15) is 4.79 Å². The second-order valence-electron chi connectivity index (χ2n) is 4.71. The van der Waals surface area contributed by atoms with E-state index in [0.717, 1.165) is 30.6 Å². The molecule has 0 unspecified atom stereocenters. The van der Waals surface area contributed by atoms with Gasteiger partial charge in [-0.15, -0.1) is 0 Å². The zero-order valence-corrected chi connectivity index (χ0v) is 11.5. The molecule has 0 radical (unpaired) electrons. The molecule has 3 heteroatoms. The normalized spacial score (nSPS) is 18.0. The van der Waals surface area contributed by atoms with Gasteiger partial charge in [0.05, 0.1) is 13.7 Å². The maximum atomic E-state index is 11.9. The van der Waals surface area contributed by atoms with E-state index in [1.807, 2.05) is 31.2 Å². The van der Waals surface area contributed by atoms with Gasteiger partial charge in [0.1, 0.15) is 5.75 Å². The summed E-state index contributed by atoms with van der Waals surface area (Å²) in [4.78, 5) is 11.9. The van der Waals surface area contributed by atoms with Crippen molar-refractivity contribution in [3.63, 3.8) is 0 Å². The number of carbonyl (C=O) groups excluding carboxylic acids is 1. The van der Waals surface area contributed by atoms with Crippen LogP contribution in [-0.4, -0.2) is 19.7 Å². The van der Waals surface area contributed by atoms with Crippen molar-refractivity contribution in [1.82, 2.24) is 0 Å². The van der Waals surface area contributed by atoms with Crippen LogP contribution in [0.25, 0.3) is 0 Å². The summed E-state index contributed by atoms with van der Waals surface area (Å²) in [7, 11) is 1.67. The highest BCUT2D eigenvalue weighted by Gasteiger charge is 2.26. The lowest BCUT2D eigenvalue weighted by Crippen LogP contribution is -2.15. The molecule has 102 valence electrons. The number of benzene rings is 1. The van der Waals surface area contributed by atoms with Crippen LogP contribution in [0, 0.1) is 5.92 Å². The van der Waals surface area contributed by atoms with Gasteiger partial charge in [0.25, 0.3) is 0 Å². The summed E-state index contributed by atoms with van der Waals surface area (Å²) in [6.07, 6.45) is 4.86. The van der Waals surface area contributed by atoms with Gasteiger partial charge in [-0.25, -0.2) is 4.79 Å². The monoisotopic (exact) mass is 260 g/mol. The van der Waals surface area contributed by atoms with E-state index >= 15 is 0 Å². The maximum absolute atomic E-state index is 11.9. The van der Waals surface area contributed by atoms with Crippen LogP contribution in [0.1, 0.15) is 25.3 Å². The molecule has 0 aromatic heterocycles. The molecule has 0 fully saturated rings. The molecule has 1 atom stereocenters. The summed E-state index contributed by atoms with van der Waals surface area (Å²) in [6.45, 7) is 2.27. The third-order valence-electron chi connectivity index (χ3n) is 3.45. The summed E-state index contributed by atoms with van der Waals surface area (Å²) >= 11 is 0. The molecular weight excluding hydrogens is 240 g/mol. The van der Waals surface area contributed by atoms with Crippen LogP contribution in [-0.2, 0) is 16.0 Å². The van der Waals surface area contributed by atoms with Gasteiger partial charge in [0.2, 0.25) is 0 Å². The van der Waals surface area contributed by atoms with Gasteiger partial charge in [-0.2, -0.15) is 0 Å². The summed E-state index contributed by atoms with van der Waals surface area (Å²) in [5, 5.41) is 0. The average molecular weight is 260 g/mol. The molecule has 1 aromatic rings. The second kappa shape index (κ2) is 6.41. The number of hydrogen-bond acceptors (Lipinski definition) is 3. The molecule has 0 saturated carbocycles. The number of allylic oxidation sites excluding steroid dienone is 1. The van der Waals surface area contributed by atoms with E-state index in [0.29, 0.717) is 6.61 Å². The molecule has 0 amide bonds. The van der Waals surface area contributed by atoms with Crippen molar-refractivity contribution in [1.29, 1.82) is 0 Å². The molecule has 1 aliphatic rings. The summed E-state index contributed by atoms with van der Waals surface area (Å²) in [5.74, 6) is 0.969. The molecular formula is C16H20O3. The van der Waals surface area contributed by atoms with Crippen LogP contribution in [0.3, 0.4) is 0 Å². The van der Waals surface area contributed by atoms with E-state index in [-0.39, 0.29) is 11.9 Å². The smallest absolute Gasteiger partial charge is 0.333 e. The van der Waals surface area contributed by atoms with Crippen LogP contribution in [0.5, 0.6) is 5.75 Å². The minimum absolute atomic E-state index is 0.159. The standard InChI is InChI=1S/C16H20O3/c1-3-19-16(17)15-9-5-7-13(15)10-12-6-4-8-14(11-12)18-2/h4,6,8-9,11,13H,3,5,7,10H2,1-2H3/t13-/m0/s1. The SMILES string of the molecule is CCOC(=O)C1=CCC[C@H]1Cc1cccc(OC)c1. The lowest BCUT2D eigenvalue weighted by molar-refractivity contribution is -0.139. The van der Waals surface area contributed by atoms with E-state index < -0.39 is 0 Å². The number of rotatable bonds is 5. The number of methoxy groups -OCH3 is 1. The fourth-order valence-electron chi connectivity index (χ4n) is 2.52. The molecule has 0 bridgehead atoms. The van der Waals surface area contributed by atoms with Crippen molar-refractivity contribution in [3.05, 3.63) is 41.5 Å². The van der Waals surface area contributed by atoms with E-state index in [1.165, 1.54) is 5.56 Å². The number of hydrogen-bond donors (Lipinski definition) is 0. The Hall–Kier alpha value is -1.77. The zero-order chi connectivity index (χ0) is 13.7. The van der Waals surface area contributed by atoms with Crippen molar-refractivity contribution in [2.75, 3.05) is 13.7 Å². The lowest BCUT2D eigenvalue weighted by Gasteiger charge is -2.14. The largest absolute Gasteiger partial charge is 0.497 e. The van der Waals surface area contributed by atoms with Crippen LogP contribution >= 0.6 is 0 Å². The van der Waals surface area contributed by atoms with E-state index in [4.69, 9.17) is 9.47 Å². The fourth-order valence-corrected chi connectivity index (χ4v) is 2.52. The topological polar surface area (TPSA) is 35.5 Å². The van der Waals surface area contributed by atoms with Gasteiger partial charge in [0, 0.05) is 5.57 Å². The van der Waals surface area contributed by atoms with Gasteiger partial charge in [-0.3, -0.25) is 0 Å². The van der Waals surface area contributed by atoms with Crippen molar-refractivity contribution < 1.29 is 14.3 Å². The zero-order valence-electron chi connectivity index (χ0n) is 11.5. The Balaban J connectivity index is 2.06. The highest BCUT2D eigenvalue weighted by molar-refractivity contribution is 5.89. The number of carbonyl (C=O) groups is 1. The Morgan fingerprint density at radius 2 is 2.26 bits per heavy atom. The first kappa shape index (κ1) is 13.7. The summed E-state index contributed by atoms with van der Waals surface area (Å²) < 4.78 is 10.3. The molecule has 0 aliphatic heterocycles. The third kappa shape index (κ3) is 3.37. The van der Waals surface area contributed by atoms with Crippen LogP contribution in [0.4, 0.5) is 0 Å². The lowest BCUT2D eigenvalue weighted by atomic mass is 9.93. The minimum Gasteiger partial charge on any atom is -0.497 e. The quantitative estimate of drug-likeness (QED) is 0.763. The van der Waals surface area contributed by atoms with Gasteiger partial charge in [-0.05, 0) is 49.8 Å². The molecule has 0 spiro atoms. The van der Waals surface area contributed by atoms with Crippen LogP contribution in [0.15, 0.2) is 35.9 Å².